The van der Waals surface area contributed by atoms with E-state index in [4.69, 9.17) is 10.4 Å². The number of aromatic nitrogens is 1. The molecule has 1 aromatic heterocycles. The van der Waals surface area contributed by atoms with Crippen molar-refractivity contribution in [2.45, 2.75) is 33.2 Å². The number of aromatic carboxylic acids is 1. The highest BCUT2D eigenvalue weighted by Gasteiger charge is 2.16. The molecule has 104 valence electrons. The Kier molecular flexibility index (Phi) is 3.80. The number of rotatable bonds is 5. The Morgan fingerprint density at radius 1 is 1.40 bits per heavy atom. The smallest absolute Gasteiger partial charge is 0.335 e. The lowest BCUT2D eigenvalue weighted by atomic mass is 9.90. The number of hydrogen-bond donors (Lipinski definition) is 1. The topological polar surface area (TPSA) is 66.0 Å². The van der Waals surface area contributed by atoms with Crippen molar-refractivity contribution in [1.82, 2.24) is 4.57 Å². The van der Waals surface area contributed by atoms with Crippen molar-refractivity contribution in [3.05, 3.63) is 36.0 Å². The zero-order valence-electron chi connectivity index (χ0n) is 11.8. The summed E-state index contributed by atoms with van der Waals surface area (Å²) in [4.78, 5) is 10.9. The Hall–Kier alpha value is -2.28. The molecule has 1 heterocycles. The standard InChI is InChI=1S/C16H18N2O2/c1-16(2,11-17)7-3-8-18-9-6-12-10-13(15(19)20)4-5-14(12)18/h4-6,9-10H,3,7-8H2,1-2H3,(H,19,20). The normalized spacial score (nSPS) is 11.4. The summed E-state index contributed by atoms with van der Waals surface area (Å²) in [5.41, 5.74) is 1.05. The van der Waals surface area contributed by atoms with E-state index in [1.807, 2.05) is 32.2 Å². The van der Waals surface area contributed by atoms with Gasteiger partial charge in [0.1, 0.15) is 0 Å². The number of nitriles is 1. The van der Waals surface area contributed by atoms with Crippen LogP contribution >= 0.6 is 0 Å². The van der Waals surface area contributed by atoms with E-state index in [-0.39, 0.29) is 5.41 Å². The lowest BCUT2D eigenvalue weighted by Gasteiger charge is -2.15. The molecule has 2 rings (SSSR count). The third kappa shape index (κ3) is 3.00. The molecule has 1 N–H and O–H groups in total. The van der Waals surface area contributed by atoms with E-state index in [2.05, 4.69) is 10.6 Å². The molecule has 0 amide bonds. The minimum atomic E-state index is -0.907. The van der Waals surface area contributed by atoms with Gasteiger partial charge in [0.2, 0.25) is 0 Å². The number of fused-ring (bicyclic) bond motifs is 1. The second-order valence-electron chi connectivity index (χ2n) is 5.69. The summed E-state index contributed by atoms with van der Waals surface area (Å²) in [6.45, 7) is 4.72. The van der Waals surface area contributed by atoms with Crippen molar-refractivity contribution in [3.8, 4) is 6.07 Å². The number of carbonyl (C=O) groups is 1. The first kappa shape index (κ1) is 14.1. The average Bonchev–Trinajstić information content (AvgIpc) is 2.81. The van der Waals surface area contributed by atoms with Gasteiger partial charge in [0, 0.05) is 23.6 Å². The van der Waals surface area contributed by atoms with E-state index in [9.17, 15) is 4.79 Å². The number of carboxylic acids is 1. The van der Waals surface area contributed by atoms with Crippen LogP contribution in [-0.2, 0) is 6.54 Å². The highest BCUT2D eigenvalue weighted by Crippen LogP contribution is 2.23. The van der Waals surface area contributed by atoms with E-state index >= 15 is 0 Å². The minimum Gasteiger partial charge on any atom is -0.478 e. The number of nitrogens with zero attached hydrogens (tertiary/aromatic N) is 2. The summed E-state index contributed by atoms with van der Waals surface area (Å²) in [6, 6.07) is 9.39. The molecule has 20 heavy (non-hydrogen) atoms. The van der Waals surface area contributed by atoms with Gasteiger partial charge in [0.15, 0.2) is 0 Å². The van der Waals surface area contributed by atoms with Crippen LogP contribution in [0.2, 0.25) is 0 Å². The van der Waals surface area contributed by atoms with Gasteiger partial charge in [-0.05, 0) is 51.0 Å². The molecule has 4 heteroatoms. The number of hydrogen-bond acceptors (Lipinski definition) is 2. The zero-order valence-corrected chi connectivity index (χ0v) is 11.8. The molecule has 0 atom stereocenters. The molecule has 2 aromatic rings. The van der Waals surface area contributed by atoms with Gasteiger partial charge in [-0.2, -0.15) is 5.26 Å². The fourth-order valence-electron chi connectivity index (χ4n) is 2.28. The summed E-state index contributed by atoms with van der Waals surface area (Å²) in [5, 5.41) is 18.9. The Morgan fingerprint density at radius 3 is 2.80 bits per heavy atom. The largest absolute Gasteiger partial charge is 0.478 e. The minimum absolute atomic E-state index is 0.292. The maximum atomic E-state index is 10.9. The molecule has 0 fully saturated rings. The van der Waals surface area contributed by atoms with Crippen LogP contribution in [0.15, 0.2) is 30.5 Å². The first-order valence-corrected chi connectivity index (χ1v) is 6.66. The van der Waals surface area contributed by atoms with Gasteiger partial charge >= 0.3 is 5.97 Å². The summed E-state index contributed by atoms with van der Waals surface area (Å²) in [7, 11) is 0. The number of benzene rings is 1. The molecular formula is C16H18N2O2. The van der Waals surface area contributed by atoms with Crippen LogP contribution in [0.4, 0.5) is 0 Å². The lowest BCUT2D eigenvalue weighted by molar-refractivity contribution is 0.0697. The molecule has 0 unspecified atom stereocenters. The van der Waals surface area contributed by atoms with Crippen molar-refractivity contribution in [2.75, 3.05) is 0 Å². The van der Waals surface area contributed by atoms with E-state index in [0.717, 1.165) is 30.3 Å². The number of carboxylic acid groups (broad SMARTS) is 1. The highest BCUT2D eigenvalue weighted by atomic mass is 16.4. The Labute approximate surface area is 118 Å². The van der Waals surface area contributed by atoms with Crippen molar-refractivity contribution < 1.29 is 9.90 Å². The highest BCUT2D eigenvalue weighted by molar-refractivity contribution is 5.93. The van der Waals surface area contributed by atoms with Crippen molar-refractivity contribution in [1.29, 1.82) is 5.26 Å². The van der Waals surface area contributed by atoms with Crippen LogP contribution in [-0.4, -0.2) is 15.6 Å². The Balaban J connectivity index is 2.12. The first-order chi connectivity index (χ1) is 9.43. The molecule has 0 aliphatic carbocycles. The fourth-order valence-corrected chi connectivity index (χ4v) is 2.28. The molecular weight excluding hydrogens is 252 g/mol. The van der Waals surface area contributed by atoms with Gasteiger partial charge in [-0.3, -0.25) is 0 Å². The Morgan fingerprint density at radius 2 is 2.15 bits per heavy atom. The molecule has 0 saturated carbocycles. The molecule has 0 aliphatic heterocycles. The summed E-state index contributed by atoms with van der Waals surface area (Å²) in [6.07, 6.45) is 3.73. The molecule has 0 bridgehead atoms. The van der Waals surface area contributed by atoms with Crippen molar-refractivity contribution in [2.24, 2.45) is 5.41 Å². The first-order valence-electron chi connectivity index (χ1n) is 6.66. The van der Waals surface area contributed by atoms with Gasteiger partial charge in [-0.15, -0.1) is 0 Å². The van der Waals surface area contributed by atoms with Crippen molar-refractivity contribution in [3.63, 3.8) is 0 Å². The van der Waals surface area contributed by atoms with Gasteiger partial charge in [0.25, 0.3) is 0 Å². The van der Waals surface area contributed by atoms with Gasteiger partial charge in [-0.25, -0.2) is 4.79 Å². The lowest BCUT2D eigenvalue weighted by Crippen LogP contribution is -2.09. The molecule has 1 aromatic carbocycles. The second kappa shape index (κ2) is 5.38. The van der Waals surface area contributed by atoms with Crippen molar-refractivity contribution >= 4 is 16.9 Å². The second-order valence-corrected chi connectivity index (χ2v) is 5.69. The SMILES string of the molecule is CC(C)(C#N)CCCn1ccc2cc(C(=O)O)ccc21. The van der Waals surface area contributed by atoms with Crippen LogP contribution < -0.4 is 0 Å². The van der Waals surface area contributed by atoms with Gasteiger partial charge in [0.05, 0.1) is 17.0 Å². The Bertz CT molecular complexity index is 677. The van der Waals surface area contributed by atoms with E-state index < -0.39 is 5.97 Å². The predicted molar refractivity (Wildman–Crippen MR) is 77.5 cm³/mol. The van der Waals surface area contributed by atoms with Crippen LogP contribution in [0.3, 0.4) is 0 Å². The molecule has 0 spiro atoms. The summed E-state index contributed by atoms with van der Waals surface area (Å²) < 4.78 is 2.11. The quantitative estimate of drug-likeness (QED) is 0.901. The van der Waals surface area contributed by atoms with E-state index in [1.54, 1.807) is 12.1 Å². The monoisotopic (exact) mass is 270 g/mol. The molecule has 0 aliphatic rings. The number of aryl methyl sites for hydroxylation is 1. The average molecular weight is 270 g/mol. The summed E-state index contributed by atoms with van der Waals surface area (Å²) >= 11 is 0. The van der Waals surface area contributed by atoms with E-state index in [1.165, 1.54) is 0 Å². The van der Waals surface area contributed by atoms with E-state index in [0.29, 0.717) is 5.56 Å². The fraction of sp³-hybridized carbons (Fsp3) is 0.375. The van der Waals surface area contributed by atoms with Gasteiger partial charge < -0.3 is 9.67 Å². The van der Waals surface area contributed by atoms with Gasteiger partial charge in [-0.1, -0.05) is 0 Å². The van der Waals surface area contributed by atoms with Crippen LogP contribution in [0, 0.1) is 16.7 Å². The van der Waals surface area contributed by atoms with Crippen LogP contribution in [0.1, 0.15) is 37.0 Å². The summed E-state index contributed by atoms with van der Waals surface area (Å²) in [5.74, 6) is -0.907. The maximum Gasteiger partial charge on any atom is 0.335 e. The molecule has 0 saturated heterocycles. The van der Waals surface area contributed by atoms with Crippen LogP contribution in [0.25, 0.3) is 10.9 Å². The predicted octanol–water partition coefficient (Wildman–Crippen LogP) is 3.67. The van der Waals surface area contributed by atoms with Crippen LogP contribution in [0.5, 0.6) is 0 Å². The zero-order chi connectivity index (χ0) is 14.8. The molecule has 4 nitrogen and oxygen atoms in total. The third-order valence-corrected chi connectivity index (χ3v) is 3.52. The molecule has 0 radical (unpaired) electrons. The third-order valence-electron chi connectivity index (χ3n) is 3.52. The maximum absolute atomic E-state index is 10.9.